The van der Waals surface area contributed by atoms with Crippen molar-refractivity contribution in [3.05, 3.63) is 29.3 Å². The van der Waals surface area contributed by atoms with Crippen LogP contribution in [0, 0.1) is 18.3 Å². The number of anilines is 1. The molecule has 2 atom stereocenters. The summed E-state index contributed by atoms with van der Waals surface area (Å²) < 4.78 is 0. The summed E-state index contributed by atoms with van der Waals surface area (Å²) in [5, 5.41) is 19.2. The van der Waals surface area contributed by atoms with Crippen molar-refractivity contribution in [1.82, 2.24) is 4.90 Å². The summed E-state index contributed by atoms with van der Waals surface area (Å²) in [5.74, 6) is 0. The summed E-state index contributed by atoms with van der Waals surface area (Å²) in [5.41, 5.74) is 2.77. The molecule has 2 unspecified atom stereocenters. The molecule has 0 radical (unpaired) electrons. The van der Waals surface area contributed by atoms with Crippen molar-refractivity contribution in [2.75, 3.05) is 32.1 Å². The molecule has 1 fully saturated rings. The van der Waals surface area contributed by atoms with Crippen molar-refractivity contribution in [1.29, 1.82) is 5.26 Å². The van der Waals surface area contributed by atoms with Crippen LogP contribution >= 0.6 is 0 Å². The lowest BCUT2D eigenvalue weighted by Gasteiger charge is -2.29. The second-order valence-electron chi connectivity index (χ2n) is 5.59. The highest BCUT2D eigenvalue weighted by Gasteiger charge is 2.32. The van der Waals surface area contributed by atoms with Gasteiger partial charge in [-0.25, -0.2) is 0 Å². The Hall–Kier alpha value is -1.57. The van der Waals surface area contributed by atoms with Crippen LogP contribution in [0.4, 0.5) is 5.69 Å². The molecule has 4 heteroatoms. The van der Waals surface area contributed by atoms with Crippen molar-refractivity contribution >= 4 is 5.69 Å². The predicted molar refractivity (Wildman–Crippen MR) is 76.2 cm³/mol. The van der Waals surface area contributed by atoms with Crippen LogP contribution < -0.4 is 4.90 Å². The molecular weight excluding hydrogens is 238 g/mol. The van der Waals surface area contributed by atoms with Gasteiger partial charge in [-0.3, -0.25) is 0 Å². The van der Waals surface area contributed by atoms with Crippen LogP contribution in [0.3, 0.4) is 0 Å². The molecule has 1 aromatic carbocycles. The monoisotopic (exact) mass is 259 g/mol. The number of aliphatic hydroxyl groups is 1. The molecule has 0 spiro atoms. The molecule has 0 aromatic heterocycles. The fraction of sp³-hybridized carbons (Fsp3) is 0.533. The molecule has 1 heterocycles. The Morgan fingerprint density at radius 2 is 2.21 bits per heavy atom. The maximum Gasteiger partial charge on any atom is 0.101 e. The van der Waals surface area contributed by atoms with Gasteiger partial charge in [-0.05, 0) is 45.1 Å². The van der Waals surface area contributed by atoms with Crippen LogP contribution in [-0.4, -0.2) is 49.3 Å². The zero-order chi connectivity index (χ0) is 14.0. The third-order valence-corrected chi connectivity index (χ3v) is 3.55. The number of aryl methyl sites for hydroxylation is 1. The van der Waals surface area contributed by atoms with Crippen LogP contribution in [0.5, 0.6) is 0 Å². The van der Waals surface area contributed by atoms with Gasteiger partial charge in [0.1, 0.15) is 6.07 Å². The summed E-state index contributed by atoms with van der Waals surface area (Å²) in [6.45, 7) is 3.52. The van der Waals surface area contributed by atoms with E-state index in [2.05, 4.69) is 15.9 Å². The van der Waals surface area contributed by atoms with Gasteiger partial charge in [-0.1, -0.05) is 6.07 Å². The standard InChI is InChI=1S/C15H21N3O/c1-11-4-5-12(8-16)15(6-11)18-10-14(19)7-13(18)9-17(2)3/h4-6,13-14,19H,7,9-10H2,1-3H3. The number of benzene rings is 1. The van der Waals surface area contributed by atoms with Crippen molar-refractivity contribution in [2.45, 2.75) is 25.5 Å². The van der Waals surface area contributed by atoms with Crippen LogP contribution in [0.15, 0.2) is 18.2 Å². The normalized spacial score (nSPS) is 22.8. The van der Waals surface area contributed by atoms with E-state index >= 15 is 0 Å². The summed E-state index contributed by atoms with van der Waals surface area (Å²) in [6, 6.07) is 8.37. The predicted octanol–water partition coefficient (Wildman–Crippen LogP) is 1.37. The van der Waals surface area contributed by atoms with Gasteiger partial charge >= 0.3 is 0 Å². The Morgan fingerprint density at radius 3 is 2.84 bits per heavy atom. The highest BCUT2D eigenvalue weighted by Crippen LogP contribution is 2.29. The molecule has 19 heavy (non-hydrogen) atoms. The fourth-order valence-corrected chi connectivity index (χ4v) is 2.76. The Bertz CT molecular complexity index is 493. The molecule has 1 aliphatic rings. The molecule has 4 nitrogen and oxygen atoms in total. The van der Waals surface area contributed by atoms with Crippen LogP contribution in [0.2, 0.25) is 0 Å². The SMILES string of the molecule is Cc1ccc(C#N)c(N2CC(O)CC2CN(C)C)c1. The molecule has 1 aliphatic heterocycles. The van der Waals surface area contributed by atoms with Crippen LogP contribution in [0.1, 0.15) is 17.5 Å². The van der Waals surface area contributed by atoms with E-state index in [-0.39, 0.29) is 12.1 Å². The smallest absolute Gasteiger partial charge is 0.101 e. The molecule has 0 bridgehead atoms. The number of hydrogen-bond donors (Lipinski definition) is 1. The highest BCUT2D eigenvalue weighted by atomic mass is 16.3. The zero-order valence-electron chi connectivity index (χ0n) is 11.8. The highest BCUT2D eigenvalue weighted by molar-refractivity contribution is 5.62. The lowest BCUT2D eigenvalue weighted by molar-refractivity contribution is 0.191. The first-order valence-corrected chi connectivity index (χ1v) is 6.61. The van der Waals surface area contributed by atoms with E-state index in [1.165, 1.54) is 0 Å². The Labute approximate surface area is 114 Å². The lowest BCUT2D eigenvalue weighted by atomic mass is 10.1. The second kappa shape index (κ2) is 5.60. The quantitative estimate of drug-likeness (QED) is 0.890. The summed E-state index contributed by atoms with van der Waals surface area (Å²) in [6.07, 6.45) is 0.453. The van der Waals surface area contributed by atoms with Gasteiger partial charge in [-0.15, -0.1) is 0 Å². The largest absolute Gasteiger partial charge is 0.391 e. The van der Waals surface area contributed by atoms with Gasteiger partial charge in [-0.2, -0.15) is 5.26 Å². The molecule has 1 saturated heterocycles. The number of β-amino-alcohol motifs (C(OH)–C–C–N with tert-alkyl or cyclic N) is 1. The van der Waals surface area contributed by atoms with E-state index in [9.17, 15) is 10.4 Å². The van der Waals surface area contributed by atoms with Gasteiger partial charge in [0, 0.05) is 19.1 Å². The number of rotatable bonds is 3. The van der Waals surface area contributed by atoms with E-state index in [1.54, 1.807) is 0 Å². The minimum absolute atomic E-state index is 0.263. The Kier molecular flexibility index (Phi) is 4.08. The second-order valence-corrected chi connectivity index (χ2v) is 5.59. The van der Waals surface area contributed by atoms with Crippen LogP contribution in [-0.2, 0) is 0 Å². The zero-order valence-corrected chi connectivity index (χ0v) is 11.8. The molecular formula is C15H21N3O. The van der Waals surface area contributed by atoms with Crippen molar-refractivity contribution < 1.29 is 5.11 Å². The number of nitrogens with zero attached hydrogens (tertiary/aromatic N) is 3. The molecule has 2 rings (SSSR count). The number of nitriles is 1. The average molecular weight is 259 g/mol. The number of likely N-dealkylation sites (N-methyl/N-ethyl adjacent to an activating group) is 1. The summed E-state index contributed by atoms with van der Waals surface area (Å²) in [7, 11) is 4.06. The van der Waals surface area contributed by atoms with Gasteiger partial charge in [0.15, 0.2) is 0 Å². The van der Waals surface area contributed by atoms with Gasteiger partial charge in [0.25, 0.3) is 0 Å². The Morgan fingerprint density at radius 1 is 1.47 bits per heavy atom. The Balaban J connectivity index is 2.33. The molecule has 1 aromatic rings. The molecule has 102 valence electrons. The van der Waals surface area contributed by atoms with Crippen molar-refractivity contribution in [3.8, 4) is 6.07 Å². The maximum absolute atomic E-state index is 9.93. The minimum Gasteiger partial charge on any atom is -0.391 e. The van der Waals surface area contributed by atoms with E-state index in [0.29, 0.717) is 12.1 Å². The van der Waals surface area contributed by atoms with E-state index in [1.807, 2.05) is 39.2 Å². The summed E-state index contributed by atoms with van der Waals surface area (Å²) >= 11 is 0. The van der Waals surface area contributed by atoms with Gasteiger partial charge < -0.3 is 14.9 Å². The van der Waals surface area contributed by atoms with E-state index in [0.717, 1.165) is 24.2 Å². The maximum atomic E-state index is 9.93. The van der Waals surface area contributed by atoms with E-state index in [4.69, 9.17) is 0 Å². The van der Waals surface area contributed by atoms with Crippen molar-refractivity contribution in [3.63, 3.8) is 0 Å². The van der Waals surface area contributed by atoms with Crippen molar-refractivity contribution in [2.24, 2.45) is 0 Å². The first-order valence-electron chi connectivity index (χ1n) is 6.61. The van der Waals surface area contributed by atoms with Crippen LogP contribution in [0.25, 0.3) is 0 Å². The average Bonchev–Trinajstić information content (AvgIpc) is 2.69. The van der Waals surface area contributed by atoms with Gasteiger partial charge in [0.2, 0.25) is 0 Å². The molecule has 0 aliphatic carbocycles. The number of aliphatic hydroxyl groups excluding tert-OH is 1. The third kappa shape index (κ3) is 3.06. The summed E-state index contributed by atoms with van der Waals surface area (Å²) in [4.78, 5) is 4.30. The first kappa shape index (κ1) is 13.9. The van der Waals surface area contributed by atoms with Gasteiger partial charge in [0.05, 0.1) is 17.4 Å². The minimum atomic E-state index is -0.308. The molecule has 0 saturated carbocycles. The molecule has 0 amide bonds. The molecule has 1 N–H and O–H groups in total. The topological polar surface area (TPSA) is 50.5 Å². The number of hydrogen-bond acceptors (Lipinski definition) is 4. The first-order chi connectivity index (χ1) is 9.01. The third-order valence-electron chi connectivity index (χ3n) is 3.55. The lowest BCUT2D eigenvalue weighted by Crippen LogP contribution is -2.38. The van der Waals surface area contributed by atoms with E-state index < -0.39 is 0 Å². The fourth-order valence-electron chi connectivity index (χ4n) is 2.76.